The average molecular weight is 404 g/mol. The lowest BCUT2D eigenvalue weighted by Crippen LogP contribution is -2.10. The van der Waals surface area contributed by atoms with Gasteiger partial charge in [0.1, 0.15) is 6.29 Å². The number of esters is 1. The fraction of sp³-hybridized carbons (Fsp3) is 0.0667. The van der Waals surface area contributed by atoms with Gasteiger partial charge in [-0.25, -0.2) is 4.79 Å². The van der Waals surface area contributed by atoms with E-state index in [2.05, 4.69) is 15.9 Å². The zero-order chi connectivity index (χ0) is 16.3. The van der Waals surface area contributed by atoms with Gasteiger partial charge in [-0.05, 0) is 46.3 Å². The summed E-state index contributed by atoms with van der Waals surface area (Å²) in [7, 11) is 1.41. The van der Waals surface area contributed by atoms with E-state index in [0.717, 1.165) is 0 Å². The number of ether oxygens (including phenoxy) is 2. The number of carbonyl (C=O) groups excluding carboxylic acids is 2. The molecule has 114 valence electrons. The van der Waals surface area contributed by atoms with Gasteiger partial charge in [0, 0.05) is 10.6 Å². The molecule has 0 aliphatic carbocycles. The smallest absolute Gasteiger partial charge is 0.345 e. The zero-order valence-corrected chi connectivity index (χ0v) is 14.3. The van der Waals surface area contributed by atoms with Gasteiger partial charge in [-0.3, -0.25) is 4.79 Å². The van der Waals surface area contributed by atoms with Crippen molar-refractivity contribution in [2.75, 3.05) is 7.11 Å². The molecule has 0 saturated heterocycles. The van der Waals surface area contributed by atoms with Gasteiger partial charge in [-0.15, -0.1) is 0 Å². The first-order valence-electron chi connectivity index (χ1n) is 5.96. The molecule has 0 aromatic heterocycles. The predicted octanol–water partition coefficient (Wildman–Crippen LogP) is 4.80. The molecular formula is C15H9BrCl2O4. The first kappa shape index (κ1) is 16.8. The number of hydrogen-bond acceptors (Lipinski definition) is 4. The first-order chi connectivity index (χ1) is 10.5. The third kappa shape index (κ3) is 3.61. The van der Waals surface area contributed by atoms with Gasteiger partial charge in [0.2, 0.25) is 0 Å². The summed E-state index contributed by atoms with van der Waals surface area (Å²) in [5.41, 5.74) is 0.549. The summed E-state index contributed by atoms with van der Waals surface area (Å²) in [5.74, 6) is -0.265. The van der Waals surface area contributed by atoms with Crippen LogP contribution in [0.1, 0.15) is 20.7 Å². The predicted molar refractivity (Wildman–Crippen MR) is 87.5 cm³/mol. The van der Waals surface area contributed by atoms with Crippen molar-refractivity contribution in [2.24, 2.45) is 0 Å². The minimum Gasteiger partial charge on any atom is -0.493 e. The second-order valence-corrected chi connectivity index (χ2v) is 5.86. The highest BCUT2D eigenvalue weighted by Crippen LogP contribution is 2.37. The van der Waals surface area contributed by atoms with Crippen LogP contribution in [0.2, 0.25) is 10.0 Å². The average Bonchev–Trinajstić information content (AvgIpc) is 2.48. The van der Waals surface area contributed by atoms with Crippen LogP contribution in [0.25, 0.3) is 0 Å². The third-order valence-corrected chi connectivity index (χ3v) is 3.87. The Bertz CT molecular complexity index is 747. The second kappa shape index (κ2) is 7.13. The van der Waals surface area contributed by atoms with E-state index < -0.39 is 5.97 Å². The van der Waals surface area contributed by atoms with Crippen LogP contribution in [0.15, 0.2) is 34.8 Å². The highest BCUT2D eigenvalue weighted by Gasteiger charge is 2.19. The van der Waals surface area contributed by atoms with Gasteiger partial charge in [-0.2, -0.15) is 0 Å². The third-order valence-electron chi connectivity index (χ3n) is 2.73. The molecule has 0 atom stereocenters. The summed E-state index contributed by atoms with van der Waals surface area (Å²) < 4.78 is 10.9. The van der Waals surface area contributed by atoms with Gasteiger partial charge < -0.3 is 9.47 Å². The van der Waals surface area contributed by atoms with E-state index in [-0.39, 0.29) is 22.1 Å². The Morgan fingerprint density at radius 1 is 1.23 bits per heavy atom. The molecule has 0 amide bonds. The molecule has 7 heteroatoms. The van der Waals surface area contributed by atoms with Crippen LogP contribution >= 0.6 is 39.1 Å². The summed E-state index contributed by atoms with van der Waals surface area (Å²) in [5, 5.41) is 0.591. The van der Waals surface area contributed by atoms with Gasteiger partial charge in [-0.1, -0.05) is 23.2 Å². The van der Waals surface area contributed by atoms with Crippen LogP contribution in [-0.2, 0) is 0 Å². The highest BCUT2D eigenvalue weighted by molar-refractivity contribution is 9.10. The minimum absolute atomic E-state index is 0.157. The first-order valence-corrected chi connectivity index (χ1v) is 7.51. The Labute approximate surface area is 145 Å². The van der Waals surface area contributed by atoms with Gasteiger partial charge in [0.15, 0.2) is 11.5 Å². The maximum atomic E-state index is 12.2. The van der Waals surface area contributed by atoms with Crippen LogP contribution in [0.4, 0.5) is 0 Å². The topological polar surface area (TPSA) is 52.6 Å². The number of methoxy groups -OCH3 is 1. The second-order valence-electron chi connectivity index (χ2n) is 4.17. The van der Waals surface area contributed by atoms with Crippen molar-refractivity contribution in [1.29, 1.82) is 0 Å². The van der Waals surface area contributed by atoms with Crippen molar-refractivity contribution in [3.63, 3.8) is 0 Å². The van der Waals surface area contributed by atoms with Gasteiger partial charge in [0.25, 0.3) is 0 Å². The summed E-state index contributed by atoms with van der Waals surface area (Å²) in [4.78, 5) is 23.1. The summed E-state index contributed by atoms with van der Waals surface area (Å²) in [6, 6.07) is 7.42. The van der Waals surface area contributed by atoms with Crippen molar-refractivity contribution < 1.29 is 19.1 Å². The number of benzene rings is 2. The van der Waals surface area contributed by atoms with Crippen molar-refractivity contribution in [3.05, 3.63) is 56.0 Å². The number of rotatable bonds is 4. The summed E-state index contributed by atoms with van der Waals surface area (Å²) in [6.45, 7) is 0. The molecule has 2 rings (SSSR count). The van der Waals surface area contributed by atoms with E-state index in [9.17, 15) is 9.59 Å². The Morgan fingerprint density at radius 3 is 2.55 bits per heavy atom. The molecule has 0 saturated carbocycles. The Morgan fingerprint density at radius 2 is 1.95 bits per heavy atom. The van der Waals surface area contributed by atoms with Crippen molar-refractivity contribution >= 4 is 51.4 Å². The monoisotopic (exact) mass is 402 g/mol. The van der Waals surface area contributed by atoms with Crippen molar-refractivity contribution in [2.45, 2.75) is 0 Å². The molecule has 0 aliphatic heterocycles. The van der Waals surface area contributed by atoms with Crippen LogP contribution in [0.5, 0.6) is 11.5 Å². The largest absolute Gasteiger partial charge is 0.493 e. The summed E-state index contributed by atoms with van der Waals surface area (Å²) in [6.07, 6.45) is 0.662. The number of carbonyl (C=O) groups is 2. The zero-order valence-electron chi connectivity index (χ0n) is 11.2. The molecule has 0 radical (unpaired) electrons. The van der Waals surface area contributed by atoms with Crippen LogP contribution < -0.4 is 9.47 Å². The lowest BCUT2D eigenvalue weighted by atomic mass is 10.2. The molecule has 0 unspecified atom stereocenters. The van der Waals surface area contributed by atoms with E-state index in [1.54, 1.807) is 0 Å². The molecule has 0 heterocycles. The molecule has 4 nitrogen and oxygen atoms in total. The molecule has 0 aliphatic rings. The molecule has 22 heavy (non-hydrogen) atoms. The molecule has 0 spiro atoms. The number of aldehydes is 1. The Balaban J connectivity index is 2.37. The fourth-order valence-corrected chi connectivity index (χ4v) is 2.74. The number of hydrogen-bond donors (Lipinski definition) is 0. The standard InChI is InChI=1S/C15H9BrCl2O4/c1-21-13-5-8(7-19)4-11(16)14(13)22-15(20)10-3-2-9(17)6-12(10)18/h2-7H,1H3. The van der Waals surface area contributed by atoms with Gasteiger partial charge >= 0.3 is 5.97 Å². The normalized spacial score (nSPS) is 10.2. The lowest BCUT2D eigenvalue weighted by molar-refractivity contribution is 0.0728. The molecule has 2 aromatic rings. The van der Waals surface area contributed by atoms with Crippen molar-refractivity contribution in [1.82, 2.24) is 0 Å². The molecule has 2 aromatic carbocycles. The molecule has 0 bridgehead atoms. The van der Waals surface area contributed by atoms with E-state index in [0.29, 0.717) is 21.3 Å². The van der Waals surface area contributed by atoms with Crippen molar-refractivity contribution in [3.8, 4) is 11.5 Å². The highest BCUT2D eigenvalue weighted by atomic mass is 79.9. The lowest BCUT2D eigenvalue weighted by Gasteiger charge is -2.12. The SMILES string of the molecule is COc1cc(C=O)cc(Br)c1OC(=O)c1ccc(Cl)cc1Cl. The van der Waals surface area contributed by atoms with E-state index in [1.807, 2.05) is 0 Å². The minimum atomic E-state index is -0.667. The van der Waals surface area contributed by atoms with E-state index in [1.165, 1.54) is 37.4 Å². The van der Waals surface area contributed by atoms with Crippen LogP contribution in [0, 0.1) is 0 Å². The van der Waals surface area contributed by atoms with E-state index >= 15 is 0 Å². The quantitative estimate of drug-likeness (QED) is 0.418. The van der Waals surface area contributed by atoms with Gasteiger partial charge in [0.05, 0.1) is 22.2 Å². The van der Waals surface area contributed by atoms with Crippen LogP contribution in [-0.4, -0.2) is 19.4 Å². The maximum Gasteiger partial charge on any atom is 0.345 e. The number of halogens is 3. The van der Waals surface area contributed by atoms with Crippen LogP contribution in [0.3, 0.4) is 0 Å². The molecule has 0 fully saturated rings. The maximum absolute atomic E-state index is 12.2. The fourth-order valence-electron chi connectivity index (χ4n) is 1.71. The Kier molecular flexibility index (Phi) is 5.45. The molecular weight excluding hydrogens is 395 g/mol. The van der Waals surface area contributed by atoms with E-state index in [4.69, 9.17) is 32.7 Å². The summed E-state index contributed by atoms with van der Waals surface area (Å²) >= 11 is 15.0. The molecule has 0 N–H and O–H groups in total. The Hall–Kier alpha value is -1.56.